The molecule has 0 bridgehead atoms. The molecule has 3 amide bonds. The zero-order chi connectivity index (χ0) is 17.8. The summed E-state index contributed by atoms with van der Waals surface area (Å²) in [5.41, 5.74) is 3.85. The average molecular weight is 330 g/mol. The van der Waals surface area contributed by atoms with Gasteiger partial charge in [-0.05, 0) is 33.3 Å². The molecule has 1 fully saturated rings. The van der Waals surface area contributed by atoms with Crippen molar-refractivity contribution in [1.29, 1.82) is 0 Å². The molecule has 1 saturated heterocycles. The van der Waals surface area contributed by atoms with E-state index in [4.69, 9.17) is 0 Å². The van der Waals surface area contributed by atoms with Gasteiger partial charge >= 0.3 is 6.03 Å². The smallest absolute Gasteiger partial charge is 0.321 e. The Balaban J connectivity index is 2.11. The van der Waals surface area contributed by atoms with Crippen LogP contribution in [0, 0.1) is 20.8 Å². The highest BCUT2D eigenvalue weighted by Gasteiger charge is 2.49. The molecule has 0 radical (unpaired) electrons. The van der Waals surface area contributed by atoms with Crippen LogP contribution < -0.4 is 5.32 Å². The van der Waals surface area contributed by atoms with Gasteiger partial charge in [0.05, 0.1) is 5.69 Å². The molecule has 8 heteroatoms. The largest absolute Gasteiger partial charge is 0.325 e. The highest BCUT2D eigenvalue weighted by atomic mass is 16.2. The molecule has 2 atom stereocenters. The summed E-state index contributed by atoms with van der Waals surface area (Å²) in [6.07, 6.45) is -0.565. The number of rotatable bonds is 2. The third-order valence-electron chi connectivity index (χ3n) is 4.62. The van der Waals surface area contributed by atoms with Gasteiger partial charge in [-0.2, -0.15) is 5.10 Å². The Morgan fingerprint density at radius 1 is 1.29 bits per heavy atom. The Hall–Kier alpha value is -2.64. The van der Waals surface area contributed by atoms with Gasteiger partial charge in [-0.15, -0.1) is 0 Å². The fourth-order valence-electron chi connectivity index (χ4n) is 3.06. The fraction of sp³-hybridized carbons (Fsp3) is 0.500. The summed E-state index contributed by atoms with van der Waals surface area (Å²) in [7, 11) is 1.64. The number of nitrogens with zero attached hydrogens (tertiary/aromatic N) is 5. The number of aryl methyl sites for hydroxylation is 1. The van der Waals surface area contributed by atoms with Crippen LogP contribution in [-0.4, -0.2) is 63.3 Å². The van der Waals surface area contributed by atoms with Crippen LogP contribution in [0.5, 0.6) is 0 Å². The van der Waals surface area contributed by atoms with E-state index in [-0.39, 0.29) is 5.91 Å². The fourth-order valence-corrected chi connectivity index (χ4v) is 3.06. The van der Waals surface area contributed by atoms with Crippen molar-refractivity contribution < 1.29 is 9.59 Å². The SMILES string of the molecule is C=C(C)CN1C(n2nc(C)c(C)c2C)=NC2C1C(=O)NC(=O)N2C. The molecule has 128 valence electrons. The molecule has 1 N–H and O–H groups in total. The van der Waals surface area contributed by atoms with Crippen molar-refractivity contribution in [3.63, 3.8) is 0 Å². The number of aromatic nitrogens is 2. The molecule has 3 heterocycles. The van der Waals surface area contributed by atoms with E-state index in [0.29, 0.717) is 12.5 Å². The molecule has 0 saturated carbocycles. The van der Waals surface area contributed by atoms with Gasteiger partial charge in [-0.3, -0.25) is 10.1 Å². The lowest BCUT2D eigenvalue weighted by Gasteiger charge is -2.36. The van der Waals surface area contributed by atoms with Crippen LogP contribution in [0.4, 0.5) is 4.79 Å². The normalized spacial score (nSPS) is 23.3. The Bertz CT molecular complexity index is 778. The zero-order valence-corrected chi connectivity index (χ0v) is 14.6. The third-order valence-corrected chi connectivity index (χ3v) is 4.62. The standard InChI is InChI=1S/C16H22N6O2/c1-8(2)7-21-12-13(20(6)16(24)18-14(12)23)17-15(21)22-11(5)9(3)10(4)19-22/h12-13H,1,7H2,2-6H3,(H,18,23,24). The number of carbonyl (C=O) groups excluding carboxylic acids is 2. The number of nitrogens with one attached hydrogen (secondary N) is 1. The number of imide groups is 1. The van der Waals surface area contributed by atoms with E-state index in [1.54, 1.807) is 11.7 Å². The van der Waals surface area contributed by atoms with Crippen LogP contribution in [0.25, 0.3) is 0 Å². The Morgan fingerprint density at radius 2 is 1.96 bits per heavy atom. The molecule has 0 aliphatic carbocycles. The van der Waals surface area contributed by atoms with Crippen molar-refractivity contribution in [1.82, 2.24) is 24.9 Å². The first-order valence-electron chi connectivity index (χ1n) is 7.82. The molecular weight excluding hydrogens is 308 g/mol. The minimum atomic E-state index is -0.580. The summed E-state index contributed by atoms with van der Waals surface area (Å²) >= 11 is 0. The molecule has 24 heavy (non-hydrogen) atoms. The van der Waals surface area contributed by atoms with Gasteiger partial charge in [0.15, 0.2) is 12.2 Å². The molecule has 8 nitrogen and oxygen atoms in total. The maximum atomic E-state index is 12.4. The highest BCUT2D eigenvalue weighted by Crippen LogP contribution is 2.26. The molecule has 0 spiro atoms. The second-order valence-corrected chi connectivity index (χ2v) is 6.49. The predicted octanol–water partition coefficient (Wildman–Crippen LogP) is 0.780. The summed E-state index contributed by atoms with van der Waals surface area (Å²) in [6, 6.07) is -1.02. The number of aliphatic imine (C=N–C) groups is 1. The molecular formula is C16H22N6O2. The molecule has 2 aliphatic rings. The zero-order valence-electron chi connectivity index (χ0n) is 14.6. The second-order valence-electron chi connectivity index (χ2n) is 6.49. The van der Waals surface area contributed by atoms with Crippen molar-refractivity contribution in [3.8, 4) is 0 Å². The predicted molar refractivity (Wildman–Crippen MR) is 89.7 cm³/mol. The van der Waals surface area contributed by atoms with Crippen molar-refractivity contribution in [2.24, 2.45) is 4.99 Å². The van der Waals surface area contributed by atoms with Crippen LogP contribution in [0.3, 0.4) is 0 Å². The van der Waals surface area contributed by atoms with E-state index in [1.807, 2.05) is 32.6 Å². The molecule has 1 aromatic rings. The monoisotopic (exact) mass is 330 g/mol. The van der Waals surface area contributed by atoms with Crippen LogP contribution in [0.1, 0.15) is 23.9 Å². The lowest BCUT2D eigenvalue weighted by molar-refractivity contribution is -0.127. The average Bonchev–Trinajstić information content (AvgIpc) is 2.98. The Labute approximate surface area is 140 Å². The van der Waals surface area contributed by atoms with Gasteiger partial charge in [-0.1, -0.05) is 12.2 Å². The molecule has 1 aromatic heterocycles. The highest BCUT2D eigenvalue weighted by molar-refractivity contribution is 6.04. The van der Waals surface area contributed by atoms with Gasteiger partial charge in [0.1, 0.15) is 0 Å². The third kappa shape index (κ3) is 2.29. The van der Waals surface area contributed by atoms with Gasteiger partial charge in [0.2, 0.25) is 5.96 Å². The topological polar surface area (TPSA) is 82.8 Å². The number of amides is 3. The van der Waals surface area contributed by atoms with E-state index in [1.165, 1.54) is 4.90 Å². The first-order chi connectivity index (χ1) is 11.2. The van der Waals surface area contributed by atoms with Crippen LogP contribution in [0.2, 0.25) is 0 Å². The number of hydrogen-bond donors (Lipinski definition) is 1. The van der Waals surface area contributed by atoms with E-state index >= 15 is 0 Å². The summed E-state index contributed by atoms with van der Waals surface area (Å²) in [5.74, 6) is 0.222. The van der Waals surface area contributed by atoms with Crippen LogP contribution in [0.15, 0.2) is 17.1 Å². The number of fused-ring (bicyclic) bond motifs is 1. The minimum absolute atomic E-state index is 0.346. The van der Waals surface area contributed by atoms with Gasteiger partial charge in [-0.25, -0.2) is 14.5 Å². The van der Waals surface area contributed by atoms with E-state index < -0.39 is 18.2 Å². The summed E-state index contributed by atoms with van der Waals surface area (Å²) in [6.45, 7) is 12.2. The number of hydrogen-bond acceptors (Lipinski definition) is 5. The number of urea groups is 1. The van der Waals surface area contributed by atoms with Gasteiger partial charge in [0, 0.05) is 19.3 Å². The number of likely N-dealkylation sites (N-methyl/N-ethyl adjacent to an activating group) is 1. The van der Waals surface area contributed by atoms with E-state index in [0.717, 1.165) is 22.5 Å². The lowest BCUT2D eigenvalue weighted by atomic mass is 10.1. The number of carbonyl (C=O) groups is 2. The molecule has 3 rings (SSSR count). The van der Waals surface area contributed by atoms with Crippen molar-refractivity contribution in [2.75, 3.05) is 13.6 Å². The Kier molecular flexibility index (Phi) is 3.70. The summed E-state index contributed by atoms with van der Waals surface area (Å²) in [4.78, 5) is 32.3. The molecule has 2 unspecified atom stereocenters. The maximum absolute atomic E-state index is 12.4. The first-order valence-corrected chi connectivity index (χ1v) is 7.82. The van der Waals surface area contributed by atoms with Crippen LogP contribution in [-0.2, 0) is 4.79 Å². The molecule has 2 aliphatic heterocycles. The molecule has 0 aromatic carbocycles. The summed E-state index contributed by atoms with van der Waals surface area (Å²) in [5, 5.41) is 6.94. The van der Waals surface area contributed by atoms with Crippen molar-refractivity contribution in [2.45, 2.75) is 39.9 Å². The van der Waals surface area contributed by atoms with Crippen molar-refractivity contribution in [3.05, 3.63) is 29.1 Å². The quantitative estimate of drug-likeness (QED) is 0.813. The summed E-state index contributed by atoms with van der Waals surface area (Å²) < 4.78 is 1.75. The minimum Gasteiger partial charge on any atom is -0.321 e. The van der Waals surface area contributed by atoms with Gasteiger partial charge < -0.3 is 9.80 Å². The van der Waals surface area contributed by atoms with Crippen molar-refractivity contribution >= 4 is 17.9 Å². The van der Waals surface area contributed by atoms with Gasteiger partial charge in [0.25, 0.3) is 5.91 Å². The lowest BCUT2D eigenvalue weighted by Crippen LogP contribution is -2.64. The Morgan fingerprint density at radius 3 is 2.50 bits per heavy atom. The second kappa shape index (κ2) is 5.47. The van der Waals surface area contributed by atoms with E-state index in [2.05, 4.69) is 22.0 Å². The van der Waals surface area contributed by atoms with Crippen LogP contribution >= 0.6 is 0 Å². The maximum Gasteiger partial charge on any atom is 0.325 e. The first kappa shape index (κ1) is 16.2. The van der Waals surface area contributed by atoms with E-state index in [9.17, 15) is 9.59 Å².